The highest BCUT2D eigenvalue weighted by Gasteiger charge is 2.12. The van der Waals surface area contributed by atoms with Gasteiger partial charge in [-0.2, -0.15) is 5.10 Å². The molecule has 0 spiro atoms. The van der Waals surface area contributed by atoms with Crippen LogP contribution in [0.25, 0.3) is 0 Å². The summed E-state index contributed by atoms with van der Waals surface area (Å²) in [5.74, 6) is -0.943. The summed E-state index contributed by atoms with van der Waals surface area (Å²) in [5, 5.41) is 9.03. The highest BCUT2D eigenvalue weighted by molar-refractivity contribution is 6.39. The largest absolute Gasteiger partial charge is 0.490 e. The SMILES string of the molecule is C=CCOc1ccc(NC(=O)C(=O)N/N=C\c2ccc(OCC(=O)Nc3cccc(C)c3)cc2)cc1. The molecule has 0 bridgehead atoms. The number of hydrogen-bond donors (Lipinski definition) is 3. The first-order valence-corrected chi connectivity index (χ1v) is 11.0. The molecule has 0 fully saturated rings. The third-order valence-electron chi connectivity index (χ3n) is 4.62. The maximum atomic E-state index is 12.1. The van der Waals surface area contributed by atoms with Crippen molar-refractivity contribution in [3.63, 3.8) is 0 Å². The smallest absolute Gasteiger partial charge is 0.329 e. The first-order chi connectivity index (χ1) is 17.4. The van der Waals surface area contributed by atoms with Crippen LogP contribution >= 0.6 is 0 Å². The number of nitrogens with zero attached hydrogens (tertiary/aromatic N) is 1. The van der Waals surface area contributed by atoms with Crippen LogP contribution in [0.15, 0.2) is 90.6 Å². The summed E-state index contributed by atoms with van der Waals surface area (Å²) in [6, 6.07) is 20.8. The van der Waals surface area contributed by atoms with E-state index in [-0.39, 0.29) is 12.5 Å². The molecule has 3 aromatic rings. The molecule has 3 amide bonds. The molecule has 3 N–H and O–H groups in total. The van der Waals surface area contributed by atoms with E-state index < -0.39 is 11.8 Å². The van der Waals surface area contributed by atoms with Crippen molar-refractivity contribution in [2.45, 2.75) is 6.92 Å². The second-order valence-corrected chi connectivity index (χ2v) is 7.55. The summed E-state index contributed by atoms with van der Waals surface area (Å²) < 4.78 is 10.9. The zero-order chi connectivity index (χ0) is 25.8. The number of anilines is 2. The molecule has 0 aliphatic heterocycles. The van der Waals surface area contributed by atoms with E-state index in [2.05, 4.69) is 27.7 Å². The summed E-state index contributed by atoms with van der Waals surface area (Å²) in [4.78, 5) is 36.0. The third-order valence-corrected chi connectivity index (χ3v) is 4.62. The van der Waals surface area contributed by atoms with Gasteiger partial charge < -0.3 is 20.1 Å². The predicted octanol–water partition coefficient (Wildman–Crippen LogP) is 3.67. The Morgan fingerprint density at radius 3 is 2.25 bits per heavy atom. The molecule has 0 atom stereocenters. The standard InChI is InChI=1S/C27H26N4O5/c1-3-15-35-23-13-9-21(10-14-23)30-26(33)27(34)31-28-17-20-7-11-24(12-8-20)36-18-25(32)29-22-6-4-5-19(2)16-22/h3-14,16-17H,1,15,18H2,2H3,(H,29,32)(H,30,33)(H,31,34)/b28-17-. The van der Waals surface area contributed by atoms with Gasteiger partial charge in [-0.15, -0.1) is 0 Å². The summed E-state index contributed by atoms with van der Waals surface area (Å²) >= 11 is 0. The molecule has 0 saturated heterocycles. The molecule has 36 heavy (non-hydrogen) atoms. The second kappa shape index (κ2) is 13.1. The number of ether oxygens (including phenoxy) is 2. The van der Waals surface area contributed by atoms with Crippen molar-refractivity contribution < 1.29 is 23.9 Å². The van der Waals surface area contributed by atoms with Crippen molar-refractivity contribution in [1.29, 1.82) is 0 Å². The third kappa shape index (κ3) is 8.45. The molecule has 3 aromatic carbocycles. The van der Waals surface area contributed by atoms with Crippen molar-refractivity contribution in [1.82, 2.24) is 5.43 Å². The highest BCUT2D eigenvalue weighted by Crippen LogP contribution is 2.16. The van der Waals surface area contributed by atoms with E-state index >= 15 is 0 Å². The van der Waals surface area contributed by atoms with E-state index in [9.17, 15) is 14.4 Å². The number of carbonyl (C=O) groups is 3. The minimum absolute atomic E-state index is 0.142. The number of nitrogens with one attached hydrogen (secondary N) is 3. The summed E-state index contributed by atoms with van der Waals surface area (Å²) in [6.07, 6.45) is 3.00. The van der Waals surface area contributed by atoms with Crippen molar-refractivity contribution in [3.8, 4) is 11.5 Å². The molecule has 0 heterocycles. The van der Waals surface area contributed by atoms with Crippen LogP contribution in [0, 0.1) is 6.92 Å². The second-order valence-electron chi connectivity index (χ2n) is 7.55. The zero-order valence-corrected chi connectivity index (χ0v) is 19.7. The monoisotopic (exact) mass is 486 g/mol. The zero-order valence-electron chi connectivity index (χ0n) is 19.7. The Morgan fingerprint density at radius 2 is 1.56 bits per heavy atom. The van der Waals surface area contributed by atoms with Crippen molar-refractivity contribution >= 4 is 35.3 Å². The van der Waals surface area contributed by atoms with Crippen LogP contribution < -0.4 is 25.5 Å². The number of hydrazone groups is 1. The molecule has 0 radical (unpaired) electrons. The molecular weight excluding hydrogens is 460 g/mol. The fourth-order valence-corrected chi connectivity index (χ4v) is 2.91. The minimum Gasteiger partial charge on any atom is -0.490 e. The van der Waals surface area contributed by atoms with Crippen LogP contribution in [0.3, 0.4) is 0 Å². The Morgan fingerprint density at radius 1 is 0.861 bits per heavy atom. The molecule has 3 rings (SSSR count). The van der Waals surface area contributed by atoms with Crippen LogP contribution in [0.1, 0.15) is 11.1 Å². The van der Waals surface area contributed by atoms with Gasteiger partial charge >= 0.3 is 11.8 Å². The fraction of sp³-hybridized carbons (Fsp3) is 0.111. The number of aryl methyl sites for hydroxylation is 1. The topological polar surface area (TPSA) is 118 Å². The number of hydrogen-bond acceptors (Lipinski definition) is 6. The van der Waals surface area contributed by atoms with Crippen molar-refractivity contribution in [2.75, 3.05) is 23.8 Å². The van der Waals surface area contributed by atoms with E-state index in [4.69, 9.17) is 9.47 Å². The van der Waals surface area contributed by atoms with Gasteiger partial charge in [0.2, 0.25) is 0 Å². The highest BCUT2D eigenvalue weighted by atomic mass is 16.5. The van der Waals surface area contributed by atoms with Gasteiger partial charge in [0, 0.05) is 11.4 Å². The van der Waals surface area contributed by atoms with Gasteiger partial charge in [0.1, 0.15) is 18.1 Å². The lowest BCUT2D eigenvalue weighted by atomic mass is 10.2. The fourth-order valence-electron chi connectivity index (χ4n) is 2.91. The summed E-state index contributed by atoms with van der Waals surface area (Å²) in [7, 11) is 0. The molecule has 0 aliphatic carbocycles. The van der Waals surface area contributed by atoms with Gasteiger partial charge in [-0.1, -0.05) is 24.8 Å². The Kier molecular flexibility index (Phi) is 9.35. The van der Waals surface area contributed by atoms with E-state index in [1.165, 1.54) is 6.21 Å². The average molecular weight is 487 g/mol. The maximum absolute atomic E-state index is 12.1. The molecule has 9 nitrogen and oxygen atoms in total. The molecule has 0 saturated carbocycles. The first kappa shape index (κ1) is 25.7. The van der Waals surface area contributed by atoms with E-state index in [1.54, 1.807) is 60.7 Å². The van der Waals surface area contributed by atoms with E-state index in [1.807, 2.05) is 25.1 Å². The van der Waals surface area contributed by atoms with Gasteiger partial charge in [0.15, 0.2) is 6.61 Å². The molecular formula is C27H26N4O5. The Bertz CT molecular complexity index is 1240. The van der Waals surface area contributed by atoms with Crippen LogP contribution in [-0.4, -0.2) is 37.1 Å². The van der Waals surface area contributed by atoms with Gasteiger partial charge in [0.25, 0.3) is 5.91 Å². The minimum atomic E-state index is -0.919. The molecule has 0 aliphatic rings. The van der Waals surface area contributed by atoms with Crippen molar-refractivity contribution in [2.24, 2.45) is 5.10 Å². The Balaban J connectivity index is 1.41. The lowest BCUT2D eigenvalue weighted by Gasteiger charge is -2.08. The maximum Gasteiger partial charge on any atom is 0.329 e. The number of carbonyl (C=O) groups excluding carboxylic acids is 3. The Labute approximate surface area is 208 Å². The van der Waals surface area contributed by atoms with Gasteiger partial charge in [-0.05, 0) is 78.7 Å². The number of amides is 3. The van der Waals surface area contributed by atoms with Crippen LogP contribution in [0.2, 0.25) is 0 Å². The van der Waals surface area contributed by atoms with Gasteiger partial charge in [-0.3, -0.25) is 14.4 Å². The Hall–Kier alpha value is -4.92. The molecule has 0 aromatic heterocycles. The number of benzene rings is 3. The predicted molar refractivity (Wildman–Crippen MR) is 138 cm³/mol. The van der Waals surface area contributed by atoms with Crippen LogP contribution in [-0.2, 0) is 14.4 Å². The van der Waals surface area contributed by atoms with Gasteiger partial charge in [0.05, 0.1) is 6.21 Å². The lowest BCUT2D eigenvalue weighted by molar-refractivity contribution is -0.136. The number of rotatable bonds is 10. The van der Waals surface area contributed by atoms with Crippen LogP contribution in [0.4, 0.5) is 11.4 Å². The van der Waals surface area contributed by atoms with Crippen LogP contribution in [0.5, 0.6) is 11.5 Å². The lowest BCUT2D eigenvalue weighted by Crippen LogP contribution is -2.32. The first-order valence-electron chi connectivity index (χ1n) is 11.0. The van der Waals surface area contributed by atoms with Gasteiger partial charge in [-0.25, -0.2) is 5.43 Å². The molecule has 184 valence electrons. The molecule has 0 unspecified atom stereocenters. The summed E-state index contributed by atoms with van der Waals surface area (Å²) in [5.41, 5.74) is 5.01. The van der Waals surface area contributed by atoms with E-state index in [0.717, 1.165) is 5.56 Å². The van der Waals surface area contributed by atoms with Crippen molar-refractivity contribution in [3.05, 3.63) is 96.6 Å². The normalized spacial score (nSPS) is 10.4. The average Bonchev–Trinajstić information content (AvgIpc) is 2.87. The van der Waals surface area contributed by atoms with E-state index in [0.29, 0.717) is 35.0 Å². The molecule has 9 heteroatoms. The quantitative estimate of drug-likeness (QED) is 0.175. The summed E-state index contributed by atoms with van der Waals surface area (Å²) in [6.45, 7) is 5.74.